The fourth-order valence-electron chi connectivity index (χ4n) is 6.72. The van der Waals surface area contributed by atoms with Gasteiger partial charge in [-0.2, -0.15) is 0 Å². The van der Waals surface area contributed by atoms with Gasteiger partial charge < -0.3 is 30.2 Å². The lowest BCUT2D eigenvalue weighted by Crippen LogP contribution is -2.59. The smallest absolute Gasteiger partial charge is 0.408 e. The lowest BCUT2D eigenvalue weighted by Gasteiger charge is -2.35. The molecule has 1 aromatic carbocycles. The molecule has 4 aliphatic rings. The number of amides is 3. The van der Waals surface area contributed by atoms with Crippen molar-refractivity contribution in [2.75, 3.05) is 6.54 Å². The first-order chi connectivity index (χ1) is 20.9. The Labute approximate surface area is 258 Å². The van der Waals surface area contributed by atoms with Gasteiger partial charge in [0.05, 0.1) is 12.3 Å². The Bertz CT molecular complexity index is 1330. The number of aliphatic carboxylic acids is 1. The maximum Gasteiger partial charge on any atom is 0.408 e. The molecule has 44 heavy (non-hydrogen) atoms. The number of carboxylic acids is 1. The fourth-order valence-corrected chi connectivity index (χ4v) is 6.72. The Morgan fingerprint density at radius 3 is 2.57 bits per heavy atom. The lowest BCUT2D eigenvalue weighted by atomic mass is 9.85. The van der Waals surface area contributed by atoms with Crippen molar-refractivity contribution in [2.45, 2.75) is 108 Å². The molecule has 0 bridgehead atoms. The van der Waals surface area contributed by atoms with Crippen molar-refractivity contribution in [3.63, 3.8) is 0 Å². The molecule has 3 N–H and O–H groups in total. The fraction of sp³-hybridized carbons (Fsp3) is 0.606. The molecule has 11 heteroatoms. The lowest BCUT2D eigenvalue weighted by molar-refractivity contribution is -0.146. The summed E-state index contributed by atoms with van der Waals surface area (Å²) in [5.74, 6) is -2.42. The van der Waals surface area contributed by atoms with E-state index < -0.39 is 53.0 Å². The van der Waals surface area contributed by atoms with E-state index in [9.17, 15) is 24.3 Å². The maximum absolute atomic E-state index is 14.2. The molecule has 0 radical (unpaired) electrons. The number of carbonyl (C=O) groups excluding carboxylic acids is 3. The van der Waals surface area contributed by atoms with Crippen LogP contribution in [-0.2, 0) is 30.4 Å². The van der Waals surface area contributed by atoms with E-state index in [1.807, 2.05) is 39.0 Å². The number of fused-ring (bicyclic) bond motifs is 1. The third kappa shape index (κ3) is 6.61. The molecule has 1 aliphatic heterocycles. The highest BCUT2D eigenvalue weighted by Gasteiger charge is 2.62. The molecule has 11 nitrogen and oxygen atoms in total. The van der Waals surface area contributed by atoms with Gasteiger partial charge in [0.15, 0.2) is 0 Å². The summed E-state index contributed by atoms with van der Waals surface area (Å²) in [6.45, 7) is 9.25. The Kier molecular flexibility index (Phi) is 9.04. The number of carboxylic acid groups (broad SMARTS) is 1. The number of ether oxygens (including phenoxy) is 1. The minimum atomic E-state index is -1.40. The monoisotopic (exact) mass is 608 g/mol. The summed E-state index contributed by atoms with van der Waals surface area (Å²) in [5.41, 5.74) is 0.907. The van der Waals surface area contributed by atoms with Crippen LogP contribution in [0.3, 0.4) is 0 Å². The number of nitrogens with zero attached hydrogens (tertiary/aromatic N) is 2. The van der Waals surface area contributed by atoms with Crippen molar-refractivity contribution in [1.82, 2.24) is 15.5 Å². The summed E-state index contributed by atoms with van der Waals surface area (Å²) in [5, 5.41) is 19.9. The molecule has 1 aromatic rings. The summed E-state index contributed by atoms with van der Waals surface area (Å²) >= 11 is 0. The van der Waals surface area contributed by atoms with Crippen molar-refractivity contribution in [2.24, 2.45) is 16.5 Å². The van der Waals surface area contributed by atoms with Crippen LogP contribution >= 0.6 is 0 Å². The molecule has 5 rings (SSSR count). The zero-order chi connectivity index (χ0) is 31.6. The largest absolute Gasteiger partial charge is 0.479 e. The molecule has 1 saturated heterocycles. The van der Waals surface area contributed by atoms with Crippen LogP contribution in [0.4, 0.5) is 4.79 Å². The molecule has 3 aliphatic carbocycles. The normalized spacial score (nSPS) is 27.8. The number of oxime groups is 1. The number of hydrogen-bond donors (Lipinski definition) is 3. The van der Waals surface area contributed by atoms with E-state index in [4.69, 9.17) is 9.57 Å². The Balaban J connectivity index is 1.36. The Hall–Kier alpha value is -3.89. The van der Waals surface area contributed by atoms with Crippen molar-refractivity contribution in [3.8, 4) is 0 Å². The van der Waals surface area contributed by atoms with E-state index in [1.54, 1.807) is 6.08 Å². The number of nitrogens with one attached hydrogen (secondary N) is 2. The van der Waals surface area contributed by atoms with Gasteiger partial charge >= 0.3 is 12.1 Å². The van der Waals surface area contributed by atoms with Gasteiger partial charge in [0.25, 0.3) is 0 Å². The van der Waals surface area contributed by atoms with E-state index in [-0.39, 0.29) is 31.4 Å². The third-order valence-corrected chi connectivity index (χ3v) is 9.36. The van der Waals surface area contributed by atoms with Crippen LogP contribution in [0.2, 0.25) is 0 Å². The maximum atomic E-state index is 14.2. The van der Waals surface area contributed by atoms with Crippen molar-refractivity contribution in [1.29, 1.82) is 0 Å². The number of allylic oxidation sites excluding steroid dienone is 1. The quantitative estimate of drug-likeness (QED) is 0.269. The van der Waals surface area contributed by atoms with Crippen molar-refractivity contribution in [3.05, 3.63) is 48.0 Å². The molecule has 238 valence electrons. The topological polar surface area (TPSA) is 147 Å². The van der Waals surface area contributed by atoms with Crippen LogP contribution in [0, 0.1) is 11.3 Å². The Morgan fingerprint density at radius 2 is 1.89 bits per heavy atom. The third-order valence-electron chi connectivity index (χ3n) is 9.36. The molecule has 1 heterocycles. The molecule has 0 aromatic heterocycles. The summed E-state index contributed by atoms with van der Waals surface area (Å²) < 4.78 is 5.59. The molecule has 0 unspecified atom stereocenters. The first kappa shape index (κ1) is 31.5. The highest BCUT2D eigenvalue weighted by molar-refractivity contribution is 6.04. The number of aryl methyl sites for hydroxylation is 1. The van der Waals surface area contributed by atoms with Crippen LogP contribution in [0.25, 0.3) is 0 Å². The number of alkyl carbamates (subject to hydrolysis) is 1. The average molecular weight is 609 g/mol. The Morgan fingerprint density at radius 1 is 1.16 bits per heavy atom. The second-order valence-corrected chi connectivity index (χ2v) is 13.6. The number of likely N-dealkylation sites (tertiary alicyclic amines) is 1. The second kappa shape index (κ2) is 12.6. The predicted molar refractivity (Wildman–Crippen MR) is 163 cm³/mol. The number of benzene rings is 1. The van der Waals surface area contributed by atoms with Gasteiger partial charge in [-0.05, 0) is 68.3 Å². The number of rotatable bonds is 10. The van der Waals surface area contributed by atoms with E-state index in [0.717, 1.165) is 49.8 Å². The summed E-state index contributed by atoms with van der Waals surface area (Å²) in [4.78, 5) is 60.4. The van der Waals surface area contributed by atoms with E-state index in [1.165, 1.54) is 10.5 Å². The zero-order valence-electron chi connectivity index (χ0n) is 25.8. The van der Waals surface area contributed by atoms with Gasteiger partial charge in [-0.25, -0.2) is 9.59 Å². The van der Waals surface area contributed by atoms with Gasteiger partial charge in [0, 0.05) is 12.0 Å². The SMILES string of the molecule is C=CC[C@@H]1C[C@]1(NC(=O)[C@@H]1C[C@@H](O/N=C2\CCc3ccccc32)CN1C(=O)[C@@H](NC(=O)OC1CCCC1)C(C)(C)C)C(=O)O. The molecule has 0 spiro atoms. The van der Waals surface area contributed by atoms with Crippen LogP contribution in [0.5, 0.6) is 0 Å². The highest BCUT2D eigenvalue weighted by atomic mass is 16.6. The molecule has 3 amide bonds. The minimum absolute atomic E-state index is 0.0530. The van der Waals surface area contributed by atoms with Gasteiger partial charge in [-0.3, -0.25) is 9.59 Å². The minimum Gasteiger partial charge on any atom is -0.479 e. The van der Waals surface area contributed by atoms with E-state index in [2.05, 4.69) is 28.4 Å². The van der Waals surface area contributed by atoms with Crippen molar-refractivity contribution >= 4 is 29.6 Å². The van der Waals surface area contributed by atoms with Crippen LogP contribution in [-0.4, -0.2) is 76.0 Å². The summed E-state index contributed by atoms with van der Waals surface area (Å²) in [6.07, 6.45) is 6.20. The van der Waals surface area contributed by atoms with Crippen LogP contribution < -0.4 is 10.6 Å². The highest BCUT2D eigenvalue weighted by Crippen LogP contribution is 2.46. The molecular formula is C33H44N4O7. The standard InChI is InChI=1S/C33H44N4O7/c1-5-10-21-18-33(21,30(40)41)35-28(38)26-17-23(44-36-25-16-15-20-11-6-9-14-24(20)25)19-37(26)29(39)27(32(2,3)4)34-31(42)43-22-12-7-8-13-22/h5-6,9,11,14,21-23,26-27H,1,7-8,10,12-13,15-19H2,2-4H3,(H,34,42)(H,35,38)(H,40,41)/b36-25+/t21-,23-,26+,27-,33-/m1/s1. The van der Waals surface area contributed by atoms with E-state index >= 15 is 0 Å². The molecule has 5 atom stereocenters. The van der Waals surface area contributed by atoms with E-state index in [0.29, 0.717) is 6.42 Å². The number of hydrogen-bond acceptors (Lipinski definition) is 7. The summed E-state index contributed by atoms with van der Waals surface area (Å²) in [6, 6.07) is 5.98. The number of carbonyl (C=O) groups is 4. The van der Waals surface area contributed by atoms with Gasteiger partial charge in [-0.1, -0.05) is 56.3 Å². The van der Waals surface area contributed by atoms with Gasteiger partial charge in [0.1, 0.15) is 29.8 Å². The zero-order valence-corrected chi connectivity index (χ0v) is 25.8. The molecule has 2 saturated carbocycles. The first-order valence-electron chi connectivity index (χ1n) is 15.7. The first-order valence-corrected chi connectivity index (χ1v) is 15.7. The second-order valence-electron chi connectivity index (χ2n) is 13.6. The predicted octanol–water partition coefficient (Wildman–Crippen LogP) is 3.94. The molecule has 3 fully saturated rings. The van der Waals surface area contributed by atoms with Crippen LogP contribution in [0.15, 0.2) is 42.1 Å². The van der Waals surface area contributed by atoms with Crippen LogP contribution in [0.1, 0.15) is 83.3 Å². The van der Waals surface area contributed by atoms with Crippen molar-refractivity contribution < 1.29 is 33.9 Å². The average Bonchev–Trinajstić information content (AvgIpc) is 3.39. The van der Waals surface area contributed by atoms with Gasteiger partial charge in [0.2, 0.25) is 11.8 Å². The summed E-state index contributed by atoms with van der Waals surface area (Å²) in [7, 11) is 0. The molecular weight excluding hydrogens is 564 g/mol. The van der Waals surface area contributed by atoms with Gasteiger partial charge in [-0.15, -0.1) is 6.58 Å².